The maximum Gasteiger partial charge on any atom is 0.414 e. The summed E-state index contributed by atoms with van der Waals surface area (Å²) in [5.74, 6) is 0. The quantitative estimate of drug-likeness (QED) is 0.803. The Labute approximate surface area is 132 Å². The van der Waals surface area contributed by atoms with Gasteiger partial charge < -0.3 is 10.1 Å². The third-order valence-electron chi connectivity index (χ3n) is 2.89. The van der Waals surface area contributed by atoms with Crippen LogP contribution in [0.4, 0.5) is 13.2 Å². The van der Waals surface area contributed by atoms with E-state index in [-0.39, 0.29) is 5.54 Å². The Morgan fingerprint density at radius 3 is 2.10 bits per heavy atom. The Bertz CT molecular complexity index is 440. The van der Waals surface area contributed by atoms with Crippen molar-refractivity contribution in [1.82, 2.24) is 5.32 Å². The van der Waals surface area contributed by atoms with Crippen molar-refractivity contribution in [3.05, 3.63) is 34.3 Å². The normalized spacial score (nSPS) is 15.8. The molecule has 1 rings (SSSR count). The first kappa shape index (κ1) is 18.5. The average molecular weight is 368 g/mol. The first-order valence-electron chi connectivity index (χ1n) is 6.72. The molecule has 0 heterocycles. The number of benzene rings is 1. The lowest BCUT2D eigenvalue weighted by Gasteiger charge is -2.28. The van der Waals surface area contributed by atoms with E-state index >= 15 is 0 Å². The van der Waals surface area contributed by atoms with Crippen molar-refractivity contribution >= 4 is 15.9 Å². The molecule has 0 aliphatic rings. The molecule has 0 spiro atoms. The van der Waals surface area contributed by atoms with Gasteiger partial charge in [0.15, 0.2) is 6.10 Å². The first-order valence-corrected chi connectivity index (χ1v) is 7.51. The summed E-state index contributed by atoms with van der Waals surface area (Å²) in [7, 11) is 0. The fourth-order valence-corrected chi connectivity index (χ4v) is 1.91. The van der Waals surface area contributed by atoms with Crippen LogP contribution in [-0.4, -0.2) is 24.4 Å². The van der Waals surface area contributed by atoms with Gasteiger partial charge in [-0.15, -0.1) is 0 Å². The monoisotopic (exact) mass is 367 g/mol. The average Bonchev–Trinajstić information content (AvgIpc) is 2.33. The number of halogens is 4. The van der Waals surface area contributed by atoms with Gasteiger partial charge in [0.2, 0.25) is 0 Å². The molecule has 0 saturated heterocycles. The molecule has 2 unspecified atom stereocenters. The second-order valence-electron chi connectivity index (χ2n) is 5.99. The fraction of sp³-hybridized carbons (Fsp3) is 0.600. The third kappa shape index (κ3) is 6.80. The summed E-state index contributed by atoms with van der Waals surface area (Å²) in [4.78, 5) is 0. The summed E-state index contributed by atoms with van der Waals surface area (Å²) in [6.45, 7) is 7.21. The predicted molar refractivity (Wildman–Crippen MR) is 81.2 cm³/mol. The number of hydrogen-bond donors (Lipinski definition) is 1. The molecule has 21 heavy (non-hydrogen) atoms. The summed E-state index contributed by atoms with van der Waals surface area (Å²) < 4.78 is 44.2. The Balaban J connectivity index is 2.86. The van der Waals surface area contributed by atoms with E-state index in [1.807, 2.05) is 20.8 Å². The lowest BCUT2D eigenvalue weighted by atomic mass is 10.1. The Hall–Kier alpha value is -0.590. The minimum atomic E-state index is -4.37. The van der Waals surface area contributed by atoms with Crippen molar-refractivity contribution in [2.45, 2.75) is 51.6 Å². The lowest BCUT2D eigenvalue weighted by molar-refractivity contribution is -0.227. The van der Waals surface area contributed by atoms with Gasteiger partial charge in [0.25, 0.3) is 0 Å². The van der Waals surface area contributed by atoms with E-state index in [9.17, 15) is 13.2 Å². The highest BCUT2D eigenvalue weighted by molar-refractivity contribution is 9.10. The Morgan fingerprint density at radius 1 is 1.14 bits per heavy atom. The highest BCUT2D eigenvalue weighted by Crippen LogP contribution is 2.29. The molecular formula is C15H21BrF3NO. The standard InChI is InChI=1S/C15H21BrF3NO/c1-10(15(17,18)19)21-13(9-20-14(2,3)4)11-5-7-12(16)8-6-11/h5-8,10,13,20H,9H2,1-4H3. The number of alkyl halides is 3. The van der Waals surface area contributed by atoms with Crippen molar-refractivity contribution < 1.29 is 17.9 Å². The molecule has 0 fully saturated rings. The van der Waals surface area contributed by atoms with Crippen LogP contribution in [0.25, 0.3) is 0 Å². The van der Waals surface area contributed by atoms with Crippen molar-refractivity contribution in [2.24, 2.45) is 0 Å². The highest BCUT2D eigenvalue weighted by Gasteiger charge is 2.38. The van der Waals surface area contributed by atoms with Crippen LogP contribution in [-0.2, 0) is 4.74 Å². The van der Waals surface area contributed by atoms with E-state index in [0.717, 1.165) is 11.4 Å². The molecule has 0 radical (unpaired) electrons. The van der Waals surface area contributed by atoms with Crippen molar-refractivity contribution in [3.63, 3.8) is 0 Å². The lowest BCUT2D eigenvalue weighted by Crippen LogP contribution is -2.41. The predicted octanol–water partition coefficient (Wildman–Crippen LogP) is 4.85. The van der Waals surface area contributed by atoms with Crippen LogP contribution in [0.1, 0.15) is 39.4 Å². The summed E-state index contributed by atoms with van der Waals surface area (Å²) in [5, 5.41) is 3.19. The molecule has 0 aliphatic carbocycles. The fourth-order valence-electron chi connectivity index (χ4n) is 1.64. The molecule has 0 saturated carbocycles. The van der Waals surface area contributed by atoms with E-state index in [2.05, 4.69) is 21.2 Å². The van der Waals surface area contributed by atoms with Crippen LogP contribution in [0, 0.1) is 0 Å². The van der Waals surface area contributed by atoms with Crippen LogP contribution in [0.2, 0.25) is 0 Å². The molecule has 6 heteroatoms. The maximum absolute atomic E-state index is 12.7. The minimum absolute atomic E-state index is 0.196. The van der Waals surface area contributed by atoms with Crippen molar-refractivity contribution in [1.29, 1.82) is 0 Å². The molecule has 1 N–H and O–H groups in total. The molecule has 0 amide bonds. The third-order valence-corrected chi connectivity index (χ3v) is 3.42. The van der Waals surface area contributed by atoms with Gasteiger partial charge in [0, 0.05) is 16.6 Å². The van der Waals surface area contributed by atoms with Crippen LogP contribution < -0.4 is 5.32 Å². The van der Waals surface area contributed by atoms with Gasteiger partial charge >= 0.3 is 6.18 Å². The smallest absolute Gasteiger partial charge is 0.360 e. The van der Waals surface area contributed by atoms with E-state index in [0.29, 0.717) is 12.1 Å². The molecule has 0 aliphatic heterocycles. The van der Waals surface area contributed by atoms with Crippen LogP contribution >= 0.6 is 15.9 Å². The number of ether oxygens (including phenoxy) is 1. The Morgan fingerprint density at radius 2 is 1.67 bits per heavy atom. The second kappa shape index (κ2) is 7.11. The zero-order chi connectivity index (χ0) is 16.3. The largest absolute Gasteiger partial charge is 0.414 e. The zero-order valence-electron chi connectivity index (χ0n) is 12.6. The van der Waals surface area contributed by atoms with Crippen LogP contribution in [0.5, 0.6) is 0 Å². The minimum Gasteiger partial charge on any atom is -0.360 e. The van der Waals surface area contributed by atoms with Gasteiger partial charge in [-0.2, -0.15) is 13.2 Å². The van der Waals surface area contributed by atoms with Gasteiger partial charge in [0.05, 0.1) is 6.10 Å². The second-order valence-corrected chi connectivity index (χ2v) is 6.91. The summed E-state index contributed by atoms with van der Waals surface area (Å²) in [6, 6.07) is 7.12. The maximum atomic E-state index is 12.7. The molecule has 0 bridgehead atoms. The van der Waals surface area contributed by atoms with E-state index in [1.54, 1.807) is 24.3 Å². The van der Waals surface area contributed by atoms with E-state index < -0.39 is 18.4 Å². The summed E-state index contributed by atoms with van der Waals surface area (Å²) in [6.07, 6.45) is -6.84. The number of rotatable bonds is 5. The van der Waals surface area contributed by atoms with Crippen LogP contribution in [0.15, 0.2) is 28.7 Å². The van der Waals surface area contributed by atoms with Gasteiger partial charge in [-0.05, 0) is 45.4 Å². The van der Waals surface area contributed by atoms with Crippen LogP contribution in [0.3, 0.4) is 0 Å². The topological polar surface area (TPSA) is 21.3 Å². The molecule has 0 aromatic heterocycles. The number of hydrogen-bond acceptors (Lipinski definition) is 2. The molecule has 1 aromatic carbocycles. The summed E-state index contributed by atoms with van der Waals surface area (Å²) >= 11 is 3.31. The van der Waals surface area contributed by atoms with E-state index in [4.69, 9.17) is 4.74 Å². The van der Waals surface area contributed by atoms with Gasteiger partial charge in [-0.25, -0.2) is 0 Å². The van der Waals surface area contributed by atoms with Crippen molar-refractivity contribution in [3.8, 4) is 0 Å². The molecule has 1 aromatic rings. The number of nitrogens with one attached hydrogen (secondary N) is 1. The van der Waals surface area contributed by atoms with Crippen molar-refractivity contribution in [2.75, 3.05) is 6.54 Å². The SMILES string of the molecule is CC(OC(CNC(C)(C)C)c1ccc(Br)cc1)C(F)(F)F. The molecule has 2 nitrogen and oxygen atoms in total. The molecule has 2 atom stereocenters. The zero-order valence-corrected chi connectivity index (χ0v) is 14.2. The first-order chi connectivity index (χ1) is 9.49. The molecular weight excluding hydrogens is 347 g/mol. The Kier molecular flexibility index (Phi) is 6.25. The highest BCUT2D eigenvalue weighted by atomic mass is 79.9. The van der Waals surface area contributed by atoms with Gasteiger partial charge in [0.1, 0.15) is 0 Å². The van der Waals surface area contributed by atoms with Gasteiger partial charge in [-0.1, -0.05) is 28.1 Å². The summed E-state index contributed by atoms with van der Waals surface area (Å²) in [5.41, 5.74) is 0.518. The van der Waals surface area contributed by atoms with Gasteiger partial charge in [-0.3, -0.25) is 0 Å². The molecule has 120 valence electrons. The van der Waals surface area contributed by atoms with E-state index in [1.165, 1.54) is 0 Å².